The van der Waals surface area contributed by atoms with Crippen LogP contribution >= 0.6 is 0 Å². The highest BCUT2D eigenvalue weighted by Crippen LogP contribution is 2.45. The molecule has 1 heterocycles. The third-order valence-corrected chi connectivity index (χ3v) is 4.10. The van der Waals surface area contributed by atoms with Crippen LogP contribution in [0.2, 0.25) is 0 Å². The van der Waals surface area contributed by atoms with Crippen molar-refractivity contribution >= 4 is 16.8 Å². The lowest BCUT2D eigenvalue weighted by Crippen LogP contribution is -2.44. The highest BCUT2D eigenvalue weighted by Gasteiger charge is 2.39. The van der Waals surface area contributed by atoms with Crippen LogP contribution in [0.1, 0.15) is 24.8 Å². The predicted octanol–water partition coefficient (Wildman–Crippen LogP) is 4.69. The standard InChI is InChI=1S/C18H16O2/c1-2-13-9-10-16-17-14(13)7-6-8-15(17)19-18(20-16)11-4-3-5-12-18/h2-4,6-10H,1,5,11-12H2. The van der Waals surface area contributed by atoms with Gasteiger partial charge in [-0.05, 0) is 29.5 Å². The molecule has 100 valence electrons. The van der Waals surface area contributed by atoms with Crippen LogP contribution in [0.3, 0.4) is 0 Å². The summed E-state index contributed by atoms with van der Waals surface area (Å²) in [5, 5.41) is 2.20. The molecule has 1 atom stereocenters. The molecule has 0 N–H and O–H groups in total. The molecule has 0 amide bonds. The van der Waals surface area contributed by atoms with Gasteiger partial charge in [0.05, 0.1) is 5.39 Å². The van der Waals surface area contributed by atoms with Crippen LogP contribution in [-0.2, 0) is 0 Å². The van der Waals surface area contributed by atoms with E-state index in [0.717, 1.165) is 47.1 Å². The minimum Gasteiger partial charge on any atom is -0.451 e. The van der Waals surface area contributed by atoms with Crippen LogP contribution in [0.4, 0.5) is 0 Å². The molecule has 2 aliphatic rings. The Morgan fingerprint density at radius 2 is 1.90 bits per heavy atom. The van der Waals surface area contributed by atoms with Crippen molar-refractivity contribution in [1.29, 1.82) is 0 Å². The van der Waals surface area contributed by atoms with Crippen LogP contribution in [0, 0.1) is 0 Å². The van der Waals surface area contributed by atoms with Crippen molar-refractivity contribution in [1.82, 2.24) is 0 Å². The Labute approximate surface area is 118 Å². The highest BCUT2D eigenvalue weighted by molar-refractivity contribution is 5.99. The summed E-state index contributed by atoms with van der Waals surface area (Å²) < 4.78 is 12.4. The second kappa shape index (κ2) is 4.14. The maximum absolute atomic E-state index is 6.22. The highest BCUT2D eigenvalue weighted by atomic mass is 16.7. The molecule has 0 bridgehead atoms. The maximum Gasteiger partial charge on any atom is 0.255 e. The summed E-state index contributed by atoms with van der Waals surface area (Å²) in [6.07, 6.45) is 8.89. The van der Waals surface area contributed by atoms with Gasteiger partial charge in [0.15, 0.2) is 0 Å². The molecule has 2 aromatic rings. The summed E-state index contributed by atoms with van der Waals surface area (Å²) in [6, 6.07) is 10.2. The molecule has 0 fully saturated rings. The van der Waals surface area contributed by atoms with E-state index < -0.39 is 5.79 Å². The first-order chi connectivity index (χ1) is 9.81. The monoisotopic (exact) mass is 264 g/mol. The van der Waals surface area contributed by atoms with Gasteiger partial charge in [-0.2, -0.15) is 0 Å². The van der Waals surface area contributed by atoms with E-state index in [0.29, 0.717) is 0 Å². The van der Waals surface area contributed by atoms with E-state index in [4.69, 9.17) is 9.47 Å². The summed E-state index contributed by atoms with van der Waals surface area (Å²) in [6.45, 7) is 3.88. The summed E-state index contributed by atoms with van der Waals surface area (Å²) in [7, 11) is 0. The summed E-state index contributed by atoms with van der Waals surface area (Å²) in [4.78, 5) is 0. The van der Waals surface area contributed by atoms with Gasteiger partial charge in [0.1, 0.15) is 11.5 Å². The number of allylic oxidation sites excluding steroid dienone is 1. The number of hydrogen-bond acceptors (Lipinski definition) is 2. The first-order valence-corrected chi connectivity index (χ1v) is 7.03. The molecule has 0 saturated carbocycles. The molecular weight excluding hydrogens is 248 g/mol. The van der Waals surface area contributed by atoms with Gasteiger partial charge >= 0.3 is 0 Å². The molecule has 1 aliphatic heterocycles. The van der Waals surface area contributed by atoms with Gasteiger partial charge in [-0.25, -0.2) is 0 Å². The lowest BCUT2D eigenvalue weighted by molar-refractivity contribution is -0.123. The fourth-order valence-corrected chi connectivity index (χ4v) is 3.11. The van der Waals surface area contributed by atoms with E-state index in [1.807, 2.05) is 24.3 Å². The molecular formula is C18H16O2. The van der Waals surface area contributed by atoms with Crippen LogP contribution in [0.5, 0.6) is 11.5 Å². The normalized spacial score (nSPS) is 23.4. The van der Waals surface area contributed by atoms with Gasteiger partial charge in [-0.15, -0.1) is 0 Å². The van der Waals surface area contributed by atoms with Gasteiger partial charge in [0.2, 0.25) is 0 Å². The van der Waals surface area contributed by atoms with Crippen molar-refractivity contribution in [2.24, 2.45) is 0 Å². The minimum absolute atomic E-state index is 0.522. The van der Waals surface area contributed by atoms with E-state index in [9.17, 15) is 0 Å². The fraction of sp³-hybridized carbons (Fsp3) is 0.222. The zero-order valence-corrected chi connectivity index (χ0v) is 11.3. The van der Waals surface area contributed by atoms with Gasteiger partial charge in [-0.1, -0.05) is 43.0 Å². The SMILES string of the molecule is C=Cc1ccc2c3c(cccc13)OC1(CC=CCC1)O2. The van der Waals surface area contributed by atoms with Crippen molar-refractivity contribution in [2.45, 2.75) is 25.0 Å². The van der Waals surface area contributed by atoms with Gasteiger partial charge < -0.3 is 9.47 Å². The smallest absolute Gasteiger partial charge is 0.255 e. The van der Waals surface area contributed by atoms with E-state index in [2.05, 4.69) is 30.9 Å². The van der Waals surface area contributed by atoms with E-state index in [-0.39, 0.29) is 0 Å². The van der Waals surface area contributed by atoms with Crippen LogP contribution in [-0.4, -0.2) is 5.79 Å². The van der Waals surface area contributed by atoms with Crippen molar-refractivity contribution in [3.63, 3.8) is 0 Å². The second-order valence-corrected chi connectivity index (χ2v) is 5.36. The van der Waals surface area contributed by atoms with Gasteiger partial charge in [0.25, 0.3) is 5.79 Å². The zero-order chi connectivity index (χ0) is 13.6. The molecule has 0 radical (unpaired) electrons. The summed E-state index contributed by atoms with van der Waals surface area (Å²) in [5.74, 6) is 1.32. The molecule has 2 heteroatoms. The van der Waals surface area contributed by atoms with Crippen LogP contribution < -0.4 is 9.47 Å². The lowest BCUT2D eigenvalue weighted by atomic mass is 9.97. The Bertz CT molecular complexity index is 715. The molecule has 4 rings (SSSR count). The molecule has 0 saturated heterocycles. The predicted molar refractivity (Wildman–Crippen MR) is 81.0 cm³/mol. The Morgan fingerprint density at radius 1 is 1.05 bits per heavy atom. The largest absolute Gasteiger partial charge is 0.451 e. The fourth-order valence-electron chi connectivity index (χ4n) is 3.11. The second-order valence-electron chi connectivity index (χ2n) is 5.36. The average molecular weight is 264 g/mol. The summed E-state index contributed by atoms with van der Waals surface area (Å²) in [5.41, 5.74) is 1.11. The van der Waals surface area contributed by atoms with E-state index in [1.165, 1.54) is 0 Å². The zero-order valence-electron chi connectivity index (χ0n) is 11.3. The lowest BCUT2D eigenvalue weighted by Gasteiger charge is -2.39. The molecule has 2 aromatic carbocycles. The number of benzene rings is 2. The summed E-state index contributed by atoms with van der Waals surface area (Å²) >= 11 is 0. The molecule has 1 spiro atoms. The molecule has 2 nitrogen and oxygen atoms in total. The first-order valence-electron chi connectivity index (χ1n) is 7.03. The average Bonchev–Trinajstić information content (AvgIpc) is 2.48. The Kier molecular flexibility index (Phi) is 2.40. The van der Waals surface area contributed by atoms with Crippen LogP contribution in [0.15, 0.2) is 49.1 Å². The molecule has 0 aromatic heterocycles. The van der Waals surface area contributed by atoms with Crippen LogP contribution in [0.25, 0.3) is 16.8 Å². The Balaban J connectivity index is 1.93. The first kappa shape index (κ1) is 11.6. The van der Waals surface area contributed by atoms with Crippen molar-refractivity contribution < 1.29 is 9.47 Å². The third-order valence-electron chi connectivity index (χ3n) is 4.10. The van der Waals surface area contributed by atoms with Gasteiger partial charge in [-0.3, -0.25) is 0 Å². The van der Waals surface area contributed by atoms with Crippen molar-refractivity contribution in [2.75, 3.05) is 0 Å². The van der Waals surface area contributed by atoms with E-state index >= 15 is 0 Å². The number of ether oxygens (including phenoxy) is 2. The maximum atomic E-state index is 6.22. The van der Waals surface area contributed by atoms with Gasteiger partial charge in [0, 0.05) is 12.8 Å². The Hall–Kier alpha value is -2.22. The van der Waals surface area contributed by atoms with Crippen molar-refractivity contribution in [3.05, 3.63) is 54.6 Å². The third kappa shape index (κ3) is 1.58. The molecule has 20 heavy (non-hydrogen) atoms. The number of hydrogen-bond donors (Lipinski definition) is 0. The quantitative estimate of drug-likeness (QED) is 0.696. The van der Waals surface area contributed by atoms with Crippen molar-refractivity contribution in [3.8, 4) is 11.5 Å². The van der Waals surface area contributed by atoms with E-state index in [1.54, 1.807) is 0 Å². The topological polar surface area (TPSA) is 18.5 Å². The number of rotatable bonds is 1. The molecule has 1 unspecified atom stereocenters. The Morgan fingerprint density at radius 3 is 2.65 bits per heavy atom. The molecule has 1 aliphatic carbocycles. The minimum atomic E-state index is -0.522.